The Morgan fingerprint density at radius 3 is 2.91 bits per heavy atom. The molecule has 2 saturated carbocycles. The van der Waals surface area contributed by atoms with Crippen molar-refractivity contribution in [3.63, 3.8) is 0 Å². The van der Waals surface area contributed by atoms with Crippen LogP contribution in [0.4, 0.5) is 5.82 Å². The molecular formula is C15H19N3O5. The summed E-state index contributed by atoms with van der Waals surface area (Å²) >= 11 is 0. The van der Waals surface area contributed by atoms with Gasteiger partial charge in [0.05, 0.1) is 25.7 Å². The molecule has 2 aliphatic carbocycles. The number of nitrogens with two attached hydrogens (primary N) is 1. The zero-order chi connectivity index (χ0) is 16.3. The number of aryl methyl sites for hydroxylation is 1. The molecule has 23 heavy (non-hydrogen) atoms. The van der Waals surface area contributed by atoms with Crippen LogP contribution in [-0.2, 0) is 16.0 Å². The molecule has 0 radical (unpaired) electrons. The average Bonchev–Trinajstić information content (AvgIpc) is 3.32. The van der Waals surface area contributed by atoms with Crippen LogP contribution in [-0.4, -0.2) is 55.4 Å². The van der Waals surface area contributed by atoms with E-state index in [0.29, 0.717) is 5.56 Å². The van der Waals surface area contributed by atoms with E-state index in [0.717, 1.165) is 12.8 Å². The fourth-order valence-corrected chi connectivity index (χ4v) is 5.06. The van der Waals surface area contributed by atoms with Gasteiger partial charge in [0.1, 0.15) is 28.2 Å². The van der Waals surface area contributed by atoms with Crippen molar-refractivity contribution in [3.8, 4) is 0 Å². The highest BCUT2D eigenvalue weighted by Gasteiger charge is 3.00. The lowest BCUT2D eigenvalue weighted by atomic mass is 9.98. The fourth-order valence-electron chi connectivity index (χ4n) is 5.06. The molecule has 4 N–H and O–H groups in total. The van der Waals surface area contributed by atoms with E-state index in [1.807, 2.05) is 0 Å². The Balaban J connectivity index is 1.58. The zero-order valence-electron chi connectivity index (χ0n) is 12.8. The first-order valence-electron chi connectivity index (χ1n) is 7.85. The van der Waals surface area contributed by atoms with Gasteiger partial charge in [-0.2, -0.15) is 4.98 Å². The van der Waals surface area contributed by atoms with Gasteiger partial charge in [-0.15, -0.1) is 0 Å². The Bertz CT molecular complexity index is 790. The summed E-state index contributed by atoms with van der Waals surface area (Å²) in [7, 11) is 0. The summed E-state index contributed by atoms with van der Waals surface area (Å²) in [5.41, 5.74) is 2.41. The van der Waals surface area contributed by atoms with Crippen LogP contribution in [0.15, 0.2) is 11.0 Å². The zero-order valence-corrected chi connectivity index (χ0v) is 12.8. The maximum Gasteiger partial charge on any atom is 0.349 e. The summed E-state index contributed by atoms with van der Waals surface area (Å²) in [6.45, 7) is 2.02. The number of hydrogen-bond donors (Lipinski definition) is 3. The second kappa shape index (κ2) is 3.61. The van der Waals surface area contributed by atoms with Crippen molar-refractivity contribution in [1.82, 2.24) is 9.55 Å². The maximum absolute atomic E-state index is 12.1. The highest BCUT2D eigenvalue weighted by atomic mass is 16.7. The van der Waals surface area contributed by atoms with E-state index in [1.54, 1.807) is 13.1 Å². The summed E-state index contributed by atoms with van der Waals surface area (Å²) in [4.78, 5) is 16.0. The average molecular weight is 321 g/mol. The van der Waals surface area contributed by atoms with E-state index >= 15 is 0 Å². The highest BCUT2D eigenvalue weighted by molar-refractivity contribution is 5.48. The van der Waals surface area contributed by atoms with Gasteiger partial charge in [-0.1, -0.05) is 0 Å². The Morgan fingerprint density at radius 2 is 2.26 bits per heavy atom. The first kappa shape index (κ1) is 13.9. The molecule has 124 valence electrons. The van der Waals surface area contributed by atoms with Gasteiger partial charge >= 0.3 is 5.69 Å². The van der Waals surface area contributed by atoms with Crippen molar-refractivity contribution in [2.24, 2.45) is 5.92 Å². The second-order valence-electron chi connectivity index (χ2n) is 7.42. The molecule has 1 aromatic rings. The topological polar surface area (TPSA) is 120 Å². The molecule has 8 nitrogen and oxygen atoms in total. The van der Waals surface area contributed by atoms with E-state index in [-0.39, 0.29) is 31.5 Å². The molecule has 5 rings (SSSR count). The predicted octanol–water partition coefficient (Wildman–Crippen LogP) is -1.44. The Labute approximate surface area is 131 Å². The van der Waals surface area contributed by atoms with Gasteiger partial charge in [0.15, 0.2) is 0 Å². The van der Waals surface area contributed by atoms with Crippen LogP contribution in [0.1, 0.15) is 18.4 Å². The molecule has 0 aromatic carbocycles. The number of rotatable bonds is 3. The minimum Gasteiger partial charge on any atom is -0.393 e. The van der Waals surface area contributed by atoms with E-state index < -0.39 is 28.1 Å². The lowest BCUT2D eigenvalue weighted by Crippen LogP contribution is -2.45. The Morgan fingerprint density at radius 1 is 1.52 bits per heavy atom. The van der Waals surface area contributed by atoms with Crippen molar-refractivity contribution < 1.29 is 19.7 Å². The molecule has 4 aliphatic rings. The maximum atomic E-state index is 12.1. The number of anilines is 1. The Hall–Kier alpha value is -1.48. The molecule has 0 amide bonds. The number of nitrogen functional groups attached to an aromatic ring is 1. The molecule has 3 heterocycles. The van der Waals surface area contributed by atoms with Gasteiger partial charge < -0.3 is 25.4 Å². The van der Waals surface area contributed by atoms with Gasteiger partial charge in [0, 0.05) is 11.8 Å². The largest absolute Gasteiger partial charge is 0.393 e. The Kier molecular flexibility index (Phi) is 2.19. The van der Waals surface area contributed by atoms with E-state index in [1.165, 1.54) is 4.57 Å². The van der Waals surface area contributed by atoms with Crippen LogP contribution in [0.2, 0.25) is 0 Å². The molecular weight excluding hydrogens is 302 g/mol. The van der Waals surface area contributed by atoms with Crippen molar-refractivity contribution in [3.05, 3.63) is 22.2 Å². The number of ether oxygens (including phenoxy) is 2. The molecule has 0 bridgehead atoms. The van der Waals surface area contributed by atoms with Crippen molar-refractivity contribution >= 4 is 5.82 Å². The number of aliphatic hydroxyl groups excluding tert-OH is 1. The van der Waals surface area contributed by atoms with Gasteiger partial charge in [-0.3, -0.25) is 4.57 Å². The number of aromatic nitrogens is 2. The summed E-state index contributed by atoms with van der Waals surface area (Å²) in [6, 6.07) is 0. The van der Waals surface area contributed by atoms with Crippen LogP contribution >= 0.6 is 0 Å². The van der Waals surface area contributed by atoms with Crippen LogP contribution in [0.3, 0.4) is 0 Å². The van der Waals surface area contributed by atoms with Crippen LogP contribution in [0.5, 0.6) is 0 Å². The van der Waals surface area contributed by atoms with E-state index in [4.69, 9.17) is 15.2 Å². The normalized spacial score (nSPS) is 44.6. The monoisotopic (exact) mass is 321 g/mol. The standard InChI is InChI=1S/C15H19N3O5/c1-8-4-18(11(20)17-9(8)16)5-12-7-22-14(6-19)10(12)15(14,21)13(23-12)2-3-13/h4,10,19,21H,2-3,5-7H2,1H3,(H2,16,17,20)/t10?,12?,14-,15+/m1/s1. The minimum absolute atomic E-state index is 0.213. The number of hydrogen-bond acceptors (Lipinski definition) is 7. The molecule has 1 aromatic heterocycles. The van der Waals surface area contributed by atoms with Crippen molar-refractivity contribution in [2.45, 2.75) is 48.7 Å². The molecule has 2 unspecified atom stereocenters. The van der Waals surface area contributed by atoms with Gasteiger partial charge in [0.2, 0.25) is 0 Å². The fraction of sp³-hybridized carbons (Fsp3) is 0.733. The first-order valence-corrected chi connectivity index (χ1v) is 7.85. The smallest absolute Gasteiger partial charge is 0.349 e. The van der Waals surface area contributed by atoms with Crippen LogP contribution in [0, 0.1) is 12.8 Å². The van der Waals surface area contributed by atoms with Gasteiger partial charge in [0.25, 0.3) is 0 Å². The number of aliphatic hydroxyl groups is 2. The summed E-state index contributed by atoms with van der Waals surface area (Å²) < 4.78 is 13.5. The molecule has 2 saturated heterocycles. The third-order valence-electron chi connectivity index (χ3n) is 6.23. The summed E-state index contributed by atoms with van der Waals surface area (Å²) in [5, 5.41) is 20.9. The SMILES string of the molecule is Cc1cn(CC23CO[C@]4(CO)C2[C@]4(O)C2(CC2)O3)c(=O)nc1N. The molecule has 1 spiro atoms. The lowest BCUT2D eigenvalue weighted by Gasteiger charge is -2.29. The molecule has 2 aliphatic heterocycles. The molecule has 8 heteroatoms. The van der Waals surface area contributed by atoms with E-state index in [2.05, 4.69) is 4.98 Å². The van der Waals surface area contributed by atoms with Crippen LogP contribution < -0.4 is 11.4 Å². The van der Waals surface area contributed by atoms with Crippen molar-refractivity contribution in [2.75, 3.05) is 18.9 Å². The summed E-state index contributed by atoms with van der Waals surface area (Å²) in [5.74, 6) is -0.107. The number of nitrogens with zero attached hydrogens (tertiary/aromatic N) is 2. The quantitative estimate of drug-likeness (QED) is 0.623. The molecule has 4 atom stereocenters. The van der Waals surface area contributed by atoms with Crippen molar-refractivity contribution in [1.29, 1.82) is 0 Å². The lowest BCUT2D eigenvalue weighted by molar-refractivity contribution is -0.111. The third kappa shape index (κ3) is 1.27. The third-order valence-corrected chi connectivity index (χ3v) is 6.23. The highest BCUT2D eigenvalue weighted by Crippen LogP contribution is 2.81. The minimum atomic E-state index is -1.15. The predicted molar refractivity (Wildman–Crippen MR) is 77.6 cm³/mol. The number of fused-ring (bicyclic) bond motifs is 2. The van der Waals surface area contributed by atoms with Gasteiger partial charge in [-0.05, 0) is 19.8 Å². The summed E-state index contributed by atoms with van der Waals surface area (Å²) in [6.07, 6.45) is 3.16. The second-order valence-corrected chi connectivity index (χ2v) is 7.42. The first-order chi connectivity index (χ1) is 10.8. The van der Waals surface area contributed by atoms with Crippen LogP contribution in [0.25, 0.3) is 0 Å². The van der Waals surface area contributed by atoms with Gasteiger partial charge in [-0.25, -0.2) is 4.79 Å². The molecule has 4 fully saturated rings. The van der Waals surface area contributed by atoms with E-state index in [9.17, 15) is 15.0 Å².